The Morgan fingerprint density at radius 1 is 1.07 bits per heavy atom. The van der Waals surface area contributed by atoms with Gasteiger partial charge in [0.25, 0.3) is 5.91 Å². The molecular formula is C17H14F3N7O. The van der Waals surface area contributed by atoms with Gasteiger partial charge in [-0.1, -0.05) is 6.07 Å². The number of carbonyl (C=O) groups is 1. The third-order valence-electron chi connectivity index (χ3n) is 3.55. The van der Waals surface area contributed by atoms with E-state index in [1.807, 2.05) is 0 Å². The molecule has 0 unspecified atom stereocenters. The molecule has 0 radical (unpaired) electrons. The van der Waals surface area contributed by atoms with Crippen molar-refractivity contribution in [1.29, 1.82) is 0 Å². The maximum atomic E-state index is 12.8. The van der Waals surface area contributed by atoms with Crippen molar-refractivity contribution in [3.63, 3.8) is 0 Å². The average Bonchev–Trinajstić information content (AvgIpc) is 2.69. The third-order valence-corrected chi connectivity index (χ3v) is 3.55. The van der Waals surface area contributed by atoms with E-state index in [4.69, 9.17) is 5.73 Å². The lowest BCUT2D eigenvalue weighted by molar-refractivity contribution is -0.137. The lowest BCUT2D eigenvalue weighted by Crippen LogP contribution is -2.30. The molecule has 8 nitrogen and oxygen atoms in total. The first-order valence-corrected chi connectivity index (χ1v) is 7.86. The number of nitrogens with one attached hydrogen (secondary N) is 3. The molecule has 0 atom stereocenters. The highest BCUT2D eigenvalue weighted by Gasteiger charge is 2.30. The fourth-order valence-electron chi connectivity index (χ4n) is 2.19. The molecule has 1 aromatic carbocycles. The zero-order chi connectivity index (χ0) is 20.1. The number of hydrogen-bond donors (Lipinski definition) is 4. The molecule has 0 bridgehead atoms. The summed E-state index contributed by atoms with van der Waals surface area (Å²) in [5.41, 5.74) is 10.5. The first-order chi connectivity index (χ1) is 13.3. The average molecular weight is 389 g/mol. The second kappa shape index (κ2) is 7.78. The van der Waals surface area contributed by atoms with Gasteiger partial charge in [0.15, 0.2) is 11.6 Å². The summed E-state index contributed by atoms with van der Waals surface area (Å²) in [7, 11) is 0. The van der Waals surface area contributed by atoms with Crippen LogP contribution < -0.4 is 21.9 Å². The Balaban J connectivity index is 1.74. The molecule has 0 aliphatic carbocycles. The number of pyridine rings is 1. The SMILES string of the molecule is Nc1c(NNC(=O)c2cccnc2)ncnc1Nc1cccc(C(F)(F)F)c1. The number of nitrogens with zero attached hydrogens (tertiary/aromatic N) is 3. The van der Waals surface area contributed by atoms with Crippen LogP contribution in [0.4, 0.5) is 36.2 Å². The van der Waals surface area contributed by atoms with Gasteiger partial charge >= 0.3 is 6.18 Å². The molecule has 0 aliphatic heterocycles. The summed E-state index contributed by atoms with van der Waals surface area (Å²) in [5, 5.41) is 2.71. The van der Waals surface area contributed by atoms with Crippen molar-refractivity contribution in [2.75, 3.05) is 16.5 Å². The van der Waals surface area contributed by atoms with E-state index in [-0.39, 0.29) is 23.0 Å². The van der Waals surface area contributed by atoms with Crippen LogP contribution >= 0.6 is 0 Å². The van der Waals surface area contributed by atoms with Crippen molar-refractivity contribution in [1.82, 2.24) is 20.4 Å². The number of hydrazine groups is 1. The smallest absolute Gasteiger partial charge is 0.393 e. The number of amides is 1. The minimum Gasteiger partial charge on any atom is -0.393 e. The Bertz CT molecular complexity index is 980. The number of nitrogen functional groups attached to an aromatic ring is 1. The van der Waals surface area contributed by atoms with Crippen molar-refractivity contribution >= 4 is 28.9 Å². The molecule has 0 saturated heterocycles. The first-order valence-electron chi connectivity index (χ1n) is 7.86. The molecule has 3 rings (SSSR count). The molecule has 0 spiro atoms. The van der Waals surface area contributed by atoms with Crippen molar-refractivity contribution in [3.05, 3.63) is 66.2 Å². The molecule has 0 fully saturated rings. The lowest BCUT2D eigenvalue weighted by Gasteiger charge is -2.14. The number of aromatic nitrogens is 3. The zero-order valence-corrected chi connectivity index (χ0v) is 14.2. The van der Waals surface area contributed by atoms with Gasteiger partial charge in [-0.2, -0.15) is 13.2 Å². The van der Waals surface area contributed by atoms with Crippen molar-refractivity contribution in [3.8, 4) is 0 Å². The molecule has 2 heterocycles. The molecule has 3 aromatic rings. The fraction of sp³-hybridized carbons (Fsp3) is 0.0588. The Hall–Kier alpha value is -3.89. The third kappa shape index (κ3) is 4.44. The van der Waals surface area contributed by atoms with E-state index >= 15 is 0 Å². The number of alkyl halides is 3. The van der Waals surface area contributed by atoms with Crippen molar-refractivity contribution in [2.24, 2.45) is 0 Å². The second-order valence-corrected chi connectivity index (χ2v) is 5.51. The molecular weight excluding hydrogens is 375 g/mol. The lowest BCUT2D eigenvalue weighted by atomic mass is 10.2. The maximum Gasteiger partial charge on any atom is 0.416 e. The van der Waals surface area contributed by atoms with Crippen LogP contribution in [0, 0.1) is 0 Å². The van der Waals surface area contributed by atoms with E-state index in [9.17, 15) is 18.0 Å². The van der Waals surface area contributed by atoms with Crippen LogP contribution in [0.15, 0.2) is 55.1 Å². The fourth-order valence-corrected chi connectivity index (χ4v) is 2.19. The highest BCUT2D eigenvalue weighted by Crippen LogP contribution is 2.32. The molecule has 1 amide bonds. The number of carbonyl (C=O) groups excluding carboxylic acids is 1. The summed E-state index contributed by atoms with van der Waals surface area (Å²) in [6.45, 7) is 0. The molecule has 0 aliphatic rings. The van der Waals surface area contributed by atoms with Gasteiger partial charge in [0.05, 0.1) is 11.1 Å². The van der Waals surface area contributed by atoms with E-state index in [1.54, 1.807) is 12.1 Å². The van der Waals surface area contributed by atoms with Gasteiger partial charge in [-0.3, -0.25) is 20.6 Å². The summed E-state index contributed by atoms with van der Waals surface area (Å²) in [5.74, 6) is -0.326. The molecule has 28 heavy (non-hydrogen) atoms. The number of nitrogens with two attached hydrogens (primary N) is 1. The minimum atomic E-state index is -4.47. The summed E-state index contributed by atoms with van der Waals surface area (Å²) < 4.78 is 38.5. The quantitative estimate of drug-likeness (QED) is 0.496. The van der Waals surface area contributed by atoms with Crippen LogP contribution in [0.1, 0.15) is 15.9 Å². The molecule has 144 valence electrons. The predicted octanol–water partition coefficient (Wildman–Crippen LogP) is 2.97. The van der Waals surface area contributed by atoms with Gasteiger partial charge in [-0.15, -0.1) is 0 Å². The van der Waals surface area contributed by atoms with Crippen LogP contribution in [0.25, 0.3) is 0 Å². The highest BCUT2D eigenvalue weighted by atomic mass is 19.4. The van der Waals surface area contributed by atoms with Gasteiger partial charge in [-0.25, -0.2) is 9.97 Å². The number of hydrogen-bond acceptors (Lipinski definition) is 7. The van der Waals surface area contributed by atoms with Crippen LogP contribution in [-0.4, -0.2) is 20.9 Å². The standard InChI is InChI=1S/C17H14F3N7O/c18-17(19,20)11-4-1-5-12(7-11)25-14-13(21)15(24-9-23-14)26-27-16(28)10-3-2-6-22-8-10/h1-9H,21H2,(H,27,28)(H2,23,24,25,26). The number of benzene rings is 1. The summed E-state index contributed by atoms with van der Waals surface area (Å²) in [4.78, 5) is 23.7. The Morgan fingerprint density at radius 3 is 2.57 bits per heavy atom. The van der Waals surface area contributed by atoms with Crippen LogP contribution in [0.2, 0.25) is 0 Å². The number of rotatable bonds is 5. The molecule has 11 heteroatoms. The van der Waals surface area contributed by atoms with Crippen LogP contribution in [0.5, 0.6) is 0 Å². The molecule has 0 saturated carbocycles. The van der Waals surface area contributed by atoms with E-state index in [2.05, 4.69) is 31.1 Å². The predicted molar refractivity (Wildman–Crippen MR) is 96.5 cm³/mol. The Morgan fingerprint density at radius 2 is 1.86 bits per heavy atom. The zero-order valence-electron chi connectivity index (χ0n) is 14.2. The van der Waals surface area contributed by atoms with E-state index < -0.39 is 17.6 Å². The van der Waals surface area contributed by atoms with Gasteiger partial charge in [0, 0.05) is 18.1 Å². The van der Waals surface area contributed by atoms with Crippen LogP contribution in [-0.2, 0) is 6.18 Å². The monoisotopic (exact) mass is 389 g/mol. The van der Waals surface area contributed by atoms with Gasteiger partial charge in [-0.05, 0) is 30.3 Å². The largest absolute Gasteiger partial charge is 0.416 e. The number of halogens is 3. The van der Waals surface area contributed by atoms with E-state index in [1.165, 1.54) is 24.5 Å². The normalized spacial score (nSPS) is 11.0. The summed E-state index contributed by atoms with van der Waals surface area (Å²) >= 11 is 0. The summed E-state index contributed by atoms with van der Waals surface area (Å²) in [6.07, 6.45) is -0.428. The van der Waals surface area contributed by atoms with E-state index in [0.29, 0.717) is 5.56 Å². The van der Waals surface area contributed by atoms with Crippen LogP contribution in [0.3, 0.4) is 0 Å². The molecule has 2 aromatic heterocycles. The van der Waals surface area contributed by atoms with Crippen molar-refractivity contribution in [2.45, 2.75) is 6.18 Å². The minimum absolute atomic E-state index is 0.00592. The second-order valence-electron chi connectivity index (χ2n) is 5.51. The van der Waals surface area contributed by atoms with Gasteiger partial charge < -0.3 is 11.1 Å². The summed E-state index contributed by atoms with van der Waals surface area (Å²) in [6, 6.07) is 7.75. The van der Waals surface area contributed by atoms with Gasteiger partial charge in [0.2, 0.25) is 0 Å². The first kappa shape index (κ1) is 18.9. The van der Waals surface area contributed by atoms with Crippen molar-refractivity contribution < 1.29 is 18.0 Å². The van der Waals surface area contributed by atoms with E-state index in [0.717, 1.165) is 18.5 Å². The molecule has 5 N–H and O–H groups in total. The van der Waals surface area contributed by atoms with Gasteiger partial charge in [0.1, 0.15) is 12.0 Å². The Kier molecular flexibility index (Phi) is 5.25. The topological polar surface area (TPSA) is 118 Å². The maximum absolute atomic E-state index is 12.8. The Labute approximate surface area is 157 Å². The highest BCUT2D eigenvalue weighted by molar-refractivity contribution is 5.94. The number of anilines is 4.